The van der Waals surface area contributed by atoms with Crippen molar-refractivity contribution in [1.29, 1.82) is 0 Å². The van der Waals surface area contributed by atoms with Crippen LogP contribution in [0.4, 0.5) is 0 Å². The van der Waals surface area contributed by atoms with Crippen molar-refractivity contribution in [1.82, 2.24) is 0 Å². The van der Waals surface area contributed by atoms with E-state index in [2.05, 4.69) is 0 Å². The maximum Gasteiger partial charge on any atom is 0.141 e. The molecule has 0 aromatic heterocycles. The Morgan fingerprint density at radius 3 is 2.56 bits per heavy atom. The summed E-state index contributed by atoms with van der Waals surface area (Å²) in [5.74, 6) is 1.44. The van der Waals surface area contributed by atoms with Crippen molar-refractivity contribution in [3.05, 3.63) is 22.7 Å². The van der Waals surface area contributed by atoms with Gasteiger partial charge in [0.25, 0.3) is 0 Å². The van der Waals surface area contributed by atoms with Gasteiger partial charge in [0.15, 0.2) is 0 Å². The summed E-state index contributed by atoms with van der Waals surface area (Å²) in [4.78, 5) is 0. The molecule has 1 aromatic rings. The summed E-state index contributed by atoms with van der Waals surface area (Å²) in [6, 6.07) is 3.66. The minimum atomic E-state index is 0.0856. The summed E-state index contributed by atoms with van der Waals surface area (Å²) in [7, 11) is 1.61. The van der Waals surface area contributed by atoms with E-state index in [-0.39, 0.29) is 6.10 Å². The Labute approximate surface area is 101 Å². The lowest BCUT2D eigenvalue weighted by molar-refractivity contribution is 0.240. The van der Waals surface area contributed by atoms with E-state index in [1.54, 1.807) is 13.2 Å². The molecule has 0 atom stereocenters. The van der Waals surface area contributed by atoms with Gasteiger partial charge in [0.2, 0.25) is 0 Å². The van der Waals surface area contributed by atoms with E-state index >= 15 is 0 Å². The molecule has 0 aliphatic heterocycles. The third kappa shape index (κ3) is 3.29. The van der Waals surface area contributed by atoms with Crippen LogP contribution in [0.3, 0.4) is 0 Å². The largest absolute Gasteiger partial charge is 0.497 e. The number of halogens is 1. The van der Waals surface area contributed by atoms with Gasteiger partial charge in [-0.2, -0.15) is 0 Å². The standard InChI is InChI=1S/C12H18ClNO2/c1-8(2)16-12-9(4-5-14)6-10(15-3)7-11(12)13/h6-8H,4-5,14H2,1-3H3. The predicted octanol–water partition coefficient (Wildman–Crippen LogP) is 2.64. The molecular formula is C12H18ClNO2. The van der Waals surface area contributed by atoms with Crippen LogP contribution in [0, 0.1) is 0 Å². The number of benzene rings is 1. The lowest BCUT2D eigenvalue weighted by Gasteiger charge is -2.16. The number of hydrogen-bond acceptors (Lipinski definition) is 3. The molecule has 0 radical (unpaired) electrons. The second-order valence-corrected chi connectivity index (χ2v) is 4.21. The quantitative estimate of drug-likeness (QED) is 0.865. The second-order valence-electron chi connectivity index (χ2n) is 3.80. The monoisotopic (exact) mass is 243 g/mol. The van der Waals surface area contributed by atoms with E-state index in [1.165, 1.54) is 0 Å². The fourth-order valence-electron chi connectivity index (χ4n) is 1.45. The number of rotatable bonds is 5. The van der Waals surface area contributed by atoms with E-state index < -0.39 is 0 Å². The van der Waals surface area contributed by atoms with Crippen LogP contribution < -0.4 is 15.2 Å². The van der Waals surface area contributed by atoms with Gasteiger partial charge in [-0.05, 0) is 32.9 Å². The topological polar surface area (TPSA) is 44.5 Å². The van der Waals surface area contributed by atoms with Crippen LogP contribution in [0.1, 0.15) is 19.4 Å². The van der Waals surface area contributed by atoms with Gasteiger partial charge < -0.3 is 15.2 Å². The third-order valence-corrected chi connectivity index (χ3v) is 2.38. The van der Waals surface area contributed by atoms with E-state index in [0.717, 1.165) is 17.7 Å². The molecule has 0 bridgehead atoms. The summed E-state index contributed by atoms with van der Waals surface area (Å²) in [5.41, 5.74) is 6.55. The van der Waals surface area contributed by atoms with E-state index in [9.17, 15) is 0 Å². The molecule has 0 spiro atoms. The van der Waals surface area contributed by atoms with Crippen LogP contribution in [0.15, 0.2) is 12.1 Å². The zero-order chi connectivity index (χ0) is 12.1. The molecule has 0 unspecified atom stereocenters. The molecule has 1 aromatic carbocycles. The highest BCUT2D eigenvalue weighted by molar-refractivity contribution is 6.32. The van der Waals surface area contributed by atoms with Gasteiger partial charge >= 0.3 is 0 Å². The Balaban J connectivity index is 3.11. The first-order valence-electron chi connectivity index (χ1n) is 5.31. The third-order valence-electron chi connectivity index (χ3n) is 2.10. The fraction of sp³-hybridized carbons (Fsp3) is 0.500. The van der Waals surface area contributed by atoms with Gasteiger partial charge in [-0.25, -0.2) is 0 Å². The maximum absolute atomic E-state index is 6.15. The van der Waals surface area contributed by atoms with Crippen LogP contribution in [0.2, 0.25) is 5.02 Å². The normalized spacial score (nSPS) is 10.6. The highest BCUT2D eigenvalue weighted by atomic mass is 35.5. The summed E-state index contributed by atoms with van der Waals surface area (Å²) < 4.78 is 10.8. The number of methoxy groups -OCH3 is 1. The first kappa shape index (κ1) is 13.1. The van der Waals surface area contributed by atoms with Crippen molar-refractivity contribution >= 4 is 11.6 Å². The number of nitrogens with two attached hydrogens (primary N) is 1. The Hall–Kier alpha value is -0.930. The van der Waals surface area contributed by atoms with Gasteiger partial charge in [0.05, 0.1) is 18.2 Å². The molecular weight excluding hydrogens is 226 g/mol. The predicted molar refractivity (Wildman–Crippen MR) is 66.5 cm³/mol. The van der Waals surface area contributed by atoms with Crippen LogP contribution in [0.25, 0.3) is 0 Å². The minimum absolute atomic E-state index is 0.0856. The van der Waals surface area contributed by atoms with Crippen molar-refractivity contribution in [2.24, 2.45) is 5.73 Å². The molecule has 90 valence electrons. The van der Waals surface area contributed by atoms with Crippen molar-refractivity contribution in [2.75, 3.05) is 13.7 Å². The molecule has 0 saturated heterocycles. The second kappa shape index (κ2) is 5.97. The minimum Gasteiger partial charge on any atom is -0.497 e. The summed E-state index contributed by atoms with van der Waals surface area (Å²) in [6.45, 7) is 4.48. The van der Waals surface area contributed by atoms with Crippen molar-refractivity contribution in [3.8, 4) is 11.5 Å². The SMILES string of the molecule is COc1cc(Cl)c(OC(C)C)c(CCN)c1. The Bertz CT molecular complexity index is 353. The van der Waals surface area contributed by atoms with Crippen LogP contribution in [-0.2, 0) is 6.42 Å². The molecule has 3 nitrogen and oxygen atoms in total. The highest BCUT2D eigenvalue weighted by Crippen LogP contribution is 2.34. The Kier molecular flexibility index (Phi) is 4.90. The van der Waals surface area contributed by atoms with Crippen LogP contribution >= 0.6 is 11.6 Å². The van der Waals surface area contributed by atoms with Gasteiger partial charge in [0, 0.05) is 11.6 Å². The molecule has 0 fully saturated rings. The van der Waals surface area contributed by atoms with Crippen molar-refractivity contribution in [3.63, 3.8) is 0 Å². The van der Waals surface area contributed by atoms with Crippen molar-refractivity contribution < 1.29 is 9.47 Å². The van der Waals surface area contributed by atoms with Gasteiger partial charge in [-0.15, -0.1) is 0 Å². The van der Waals surface area contributed by atoms with E-state index in [1.807, 2.05) is 19.9 Å². The highest BCUT2D eigenvalue weighted by Gasteiger charge is 2.12. The molecule has 0 heterocycles. The average Bonchev–Trinajstić information content (AvgIpc) is 2.22. The summed E-state index contributed by atoms with van der Waals surface area (Å²) >= 11 is 6.15. The Morgan fingerprint density at radius 1 is 1.38 bits per heavy atom. The van der Waals surface area contributed by atoms with Gasteiger partial charge in [-0.3, -0.25) is 0 Å². The van der Waals surface area contributed by atoms with E-state index in [4.69, 9.17) is 26.8 Å². The molecule has 16 heavy (non-hydrogen) atoms. The zero-order valence-electron chi connectivity index (χ0n) is 9.92. The van der Waals surface area contributed by atoms with Crippen LogP contribution in [-0.4, -0.2) is 19.8 Å². The van der Waals surface area contributed by atoms with Gasteiger partial charge in [-0.1, -0.05) is 11.6 Å². The lowest BCUT2D eigenvalue weighted by atomic mass is 10.1. The number of hydrogen-bond donors (Lipinski definition) is 1. The van der Waals surface area contributed by atoms with Crippen molar-refractivity contribution in [2.45, 2.75) is 26.4 Å². The molecule has 0 amide bonds. The molecule has 4 heteroatoms. The summed E-state index contributed by atoms with van der Waals surface area (Å²) in [5, 5.41) is 0.566. The molecule has 0 aliphatic rings. The summed E-state index contributed by atoms with van der Waals surface area (Å²) in [6.07, 6.45) is 0.807. The Morgan fingerprint density at radius 2 is 2.06 bits per heavy atom. The molecule has 0 aliphatic carbocycles. The molecule has 2 N–H and O–H groups in total. The lowest BCUT2D eigenvalue weighted by Crippen LogP contribution is -2.10. The molecule has 0 saturated carbocycles. The maximum atomic E-state index is 6.15. The fourth-order valence-corrected chi connectivity index (χ4v) is 1.72. The first-order valence-corrected chi connectivity index (χ1v) is 5.69. The first-order chi connectivity index (χ1) is 7.58. The number of ether oxygens (including phenoxy) is 2. The van der Waals surface area contributed by atoms with Gasteiger partial charge in [0.1, 0.15) is 11.5 Å². The molecule has 1 rings (SSSR count). The average molecular weight is 244 g/mol. The smallest absolute Gasteiger partial charge is 0.141 e. The zero-order valence-corrected chi connectivity index (χ0v) is 10.7. The van der Waals surface area contributed by atoms with Crippen LogP contribution in [0.5, 0.6) is 11.5 Å². The van der Waals surface area contributed by atoms with E-state index in [0.29, 0.717) is 17.3 Å².